The smallest absolute Gasteiger partial charge is 0.0782 e. The molecule has 0 aliphatic carbocycles. The van der Waals surface area contributed by atoms with Crippen molar-refractivity contribution in [1.82, 2.24) is 0 Å². The fourth-order valence-electron chi connectivity index (χ4n) is 8.36. The molecule has 0 unspecified atom stereocenters. The highest BCUT2D eigenvalue weighted by atomic mass is 35.5. The first-order chi connectivity index (χ1) is 26.7. The molecular weight excluding hydrogens is 736 g/mol. The maximum absolute atomic E-state index is 2.47. The molecule has 0 aromatic rings. The third-order valence-corrected chi connectivity index (χ3v) is 12.4. The monoisotopic (exact) mass is 849 g/mol. The van der Waals surface area contributed by atoms with Gasteiger partial charge in [-0.05, 0) is 38.5 Å². The summed E-state index contributed by atoms with van der Waals surface area (Å²) in [5, 5.41) is 0. The molecular formula is C53H114Cl2N2. The summed E-state index contributed by atoms with van der Waals surface area (Å²) in [6, 6.07) is 0. The molecule has 0 saturated carbocycles. The summed E-state index contributed by atoms with van der Waals surface area (Å²) < 4.78 is 2.37. The van der Waals surface area contributed by atoms with E-state index in [9.17, 15) is 0 Å². The zero-order valence-electron chi connectivity index (χ0n) is 41.5. The molecule has 0 aromatic carbocycles. The number of nitrogens with zero attached hydrogens (tertiary/aromatic N) is 2. The van der Waals surface area contributed by atoms with Crippen LogP contribution in [-0.4, -0.2) is 63.8 Å². The van der Waals surface area contributed by atoms with Gasteiger partial charge in [-0.25, -0.2) is 0 Å². The average Bonchev–Trinajstić information content (AvgIpc) is 3.15. The molecule has 0 aliphatic heterocycles. The van der Waals surface area contributed by atoms with E-state index >= 15 is 0 Å². The summed E-state index contributed by atoms with van der Waals surface area (Å²) >= 11 is 0. The van der Waals surface area contributed by atoms with E-state index in [1.807, 2.05) is 0 Å². The summed E-state index contributed by atoms with van der Waals surface area (Å²) in [7, 11) is 11.8. The minimum Gasteiger partial charge on any atom is -1.00 e. The fraction of sp³-hybridized carbons (Fsp3) is 1.00. The molecule has 0 aliphatic rings. The maximum atomic E-state index is 2.47. The largest absolute Gasteiger partial charge is 1.00 e. The SMILES string of the molecule is CCCCCCCCCCCCCCCCCC[N+](C)(C)CCCCCCCCCCCCCCCCCC.CCCCCCCCCCCC[N+](C)(C)C.[Cl-].[Cl-]. The topological polar surface area (TPSA) is 0 Å². The van der Waals surface area contributed by atoms with Crippen LogP contribution >= 0.6 is 0 Å². The van der Waals surface area contributed by atoms with Crippen LogP contribution in [0.4, 0.5) is 0 Å². The molecule has 0 heterocycles. The Bertz CT molecular complexity index is 638. The van der Waals surface area contributed by atoms with Gasteiger partial charge in [0.15, 0.2) is 0 Å². The number of hydrogen-bond acceptors (Lipinski definition) is 0. The lowest BCUT2D eigenvalue weighted by molar-refractivity contribution is -0.890. The van der Waals surface area contributed by atoms with Crippen molar-refractivity contribution in [3.8, 4) is 0 Å². The predicted octanol–water partition coefficient (Wildman–Crippen LogP) is 12.2. The van der Waals surface area contributed by atoms with Crippen LogP contribution in [0.25, 0.3) is 0 Å². The predicted molar refractivity (Wildman–Crippen MR) is 256 cm³/mol. The van der Waals surface area contributed by atoms with E-state index in [0.717, 1.165) is 4.48 Å². The zero-order chi connectivity index (χ0) is 40.8. The quantitative estimate of drug-likeness (QED) is 0.0423. The van der Waals surface area contributed by atoms with Crippen LogP contribution in [-0.2, 0) is 0 Å². The Kier molecular flexibility index (Phi) is 59.2. The Morgan fingerprint density at radius 3 is 0.491 bits per heavy atom. The molecule has 0 aromatic heterocycles. The summed E-state index contributed by atoms with van der Waals surface area (Å²) in [6.45, 7) is 11.0. The Morgan fingerprint density at radius 2 is 0.333 bits per heavy atom. The third kappa shape index (κ3) is 63.3. The van der Waals surface area contributed by atoms with E-state index in [1.54, 1.807) is 0 Å². The second-order valence-corrected chi connectivity index (χ2v) is 20.2. The van der Waals surface area contributed by atoms with Crippen LogP contribution < -0.4 is 24.8 Å². The van der Waals surface area contributed by atoms with Gasteiger partial charge in [0.25, 0.3) is 0 Å². The van der Waals surface area contributed by atoms with Crippen molar-refractivity contribution < 1.29 is 33.8 Å². The van der Waals surface area contributed by atoms with Crippen molar-refractivity contribution in [2.24, 2.45) is 0 Å². The van der Waals surface area contributed by atoms with Crippen molar-refractivity contribution in [3.05, 3.63) is 0 Å². The Labute approximate surface area is 377 Å². The number of unbranched alkanes of at least 4 members (excludes halogenated alkanes) is 39. The van der Waals surface area contributed by atoms with Gasteiger partial charge in [-0.1, -0.05) is 252 Å². The van der Waals surface area contributed by atoms with Gasteiger partial charge in [-0.15, -0.1) is 0 Å². The Morgan fingerprint density at radius 1 is 0.193 bits per heavy atom. The van der Waals surface area contributed by atoms with Crippen LogP contribution in [0.5, 0.6) is 0 Å². The van der Waals surface area contributed by atoms with E-state index in [1.165, 1.54) is 294 Å². The molecule has 0 amide bonds. The summed E-state index contributed by atoms with van der Waals surface area (Å²) in [6.07, 6.45) is 61.3. The highest BCUT2D eigenvalue weighted by Gasteiger charge is 2.13. The van der Waals surface area contributed by atoms with Gasteiger partial charge in [0.05, 0.1) is 54.9 Å². The molecule has 4 heteroatoms. The minimum atomic E-state index is 0. The Hall–Kier alpha value is 0.500. The Balaban J connectivity index is -0.000000656. The van der Waals surface area contributed by atoms with Gasteiger partial charge in [-0.3, -0.25) is 0 Å². The van der Waals surface area contributed by atoms with Crippen molar-refractivity contribution >= 4 is 0 Å². The van der Waals surface area contributed by atoms with Gasteiger partial charge < -0.3 is 33.8 Å². The first kappa shape index (κ1) is 64.1. The zero-order valence-corrected chi connectivity index (χ0v) is 43.0. The van der Waals surface area contributed by atoms with E-state index < -0.39 is 0 Å². The first-order valence-corrected chi connectivity index (χ1v) is 26.3. The molecule has 0 spiro atoms. The van der Waals surface area contributed by atoms with Crippen LogP contribution in [0.15, 0.2) is 0 Å². The van der Waals surface area contributed by atoms with E-state index in [2.05, 4.69) is 56.0 Å². The molecule has 0 rings (SSSR count). The molecule has 2 nitrogen and oxygen atoms in total. The van der Waals surface area contributed by atoms with Gasteiger partial charge in [0.1, 0.15) is 0 Å². The number of rotatable bonds is 45. The highest BCUT2D eigenvalue weighted by molar-refractivity contribution is 4.53. The summed E-state index contributed by atoms with van der Waals surface area (Å²) in [4.78, 5) is 0. The number of hydrogen-bond donors (Lipinski definition) is 0. The lowest BCUT2D eigenvalue weighted by Crippen LogP contribution is -3.00. The second-order valence-electron chi connectivity index (χ2n) is 20.2. The second kappa shape index (κ2) is 52.6. The van der Waals surface area contributed by atoms with Crippen molar-refractivity contribution in [3.63, 3.8) is 0 Å². The molecule has 0 saturated heterocycles. The highest BCUT2D eigenvalue weighted by Crippen LogP contribution is 2.17. The third-order valence-electron chi connectivity index (χ3n) is 12.4. The van der Waals surface area contributed by atoms with Crippen LogP contribution in [0.2, 0.25) is 0 Å². The van der Waals surface area contributed by atoms with Gasteiger partial charge in [-0.2, -0.15) is 0 Å². The average molecular weight is 850 g/mol. The number of quaternary nitrogens is 2. The number of halogens is 2. The van der Waals surface area contributed by atoms with Crippen LogP contribution in [0, 0.1) is 0 Å². The molecule has 350 valence electrons. The van der Waals surface area contributed by atoms with Crippen LogP contribution in [0.3, 0.4) is 0 Å². The summed E-state index contributed by atoms with van der Waals surface area (Å²) in [5.74, 6) is 0. The van der Waals surface area contributed by atoms with Gasteiger partial charge >= 0.3 is 0 Å². The van der Waals surface area contributed by atoms with Crippen LogP contribution in [0.1, 0.15) is 290 Å². The lowest BCUT2D eigenvalue weighted by Gasteiger charge is -2.30. The van der Waals surface area contributed by atoms with Gasteiger partial charge in [0, 0.05) is 0 Å². The molecule has 0 radical (unpaired) electrons. The molecule has 0 fully saturated rings. The van der Waals surface area contributed by atoms with E-state index in [4.69, 9.17) is 0 Å². The fourth-order valence-corrected chi connectivity index (χ4v) is 8.36. The van der Waals surface area contributed by atoms with Gasteiger partial charge in [0.2, 0.25) is 0 Å². The first-order valence-electron chi connectivity index (χ1n) is 26.3. The lowest BCUT2D eigenvalue weighted by atomic mass is 10.0. The molecule has 0 bridgehead atoms. The van der Waals surface area contributed by atoms with Crippen molar-refractivity contribution in [2.45, 2.75) is 290 Å². The molecule has 57 heavy (non-hydrogen) atoms. The van der Waals surface area contributed by atoms with E-state index in [-0.39, 0.29) is 24.8 Å². The minimum absolute atomic E-state index is 0. The van der Waals surface area contributed by atoms with Crippen molar-refractivity contribution in [2.75, 3.05) is 54.9 Å². The van der Waals surface area contributed by atoms with Crippen molar-refractivity contribution in [1.29, 1.82) is 0 Å². The molecule has 0 N–H and O–H groups in total. The molecule has 0 atom stereocenters. The normalized spacial score (nSPS) is 11.6. The standard InChI is InChI=1S/C38H80N.C15H34N.2ClH/c1-5-7-9-11-13-15-17-19-21-23-25-27-29-31-33-35-37-39(3,4)38-36-34-32-30-28-26-24-22-20-18-16-14-12-10-8-6-2;1-5-6-7-8-9-10-11-12-13-14-15-16(2,3)4;;/h5-38H2,1-4H3;5-15H2,1-4H3;2*1H/q2*+1;;/p-2. The maximum Gasteiger partial charge on any atom is 0.0782 e. The summed E-state index contributed by atoms with van der Waals surface area (Å²) in [5.41, 5.74) is 0. The van der Waals surface area contributed by atoms with E-state index in [0.29, 0.717) is 0 Å².